The van der Waals surface area contributed by atoms with E-state index in [1.54, 1.807) is 6.26 Å². The van der Waals surface area contributed by atoms with Crippen LogP contribution < -0.4 is 10.6 Å². The van der Waals surface area contributed by atoms with Crippen molar-refractivity contribution in [3.05, 3.63) is 24.2 Å². The average molecular weight is 364 g/mol. The van der Waals surface area contributed by atoms with Crippen molar-refractivity contribution in [1.29, 1.82) is 0 Å². The van der Waals surface area contributed by atoms with E-state index in [-0.39, 0.29) is 11.9 Å². The van der Waals surface area contributed by atoms with Crippen LogP contribution in [0.15, 0.2) is 27.8 Å². The second kappa shape index (κ2) is 11.6. The summed E-state index contributed by atoms with van der Waals surface area (Å²) in [7, 11) is 0. The number of nitrogens with zero attached hydrogens (tertiary/aromatic N) is 2. The van der Waals surface area contributed by atoms with Crippen molar-refractivity contribution in [2.75, 3.05) is 39.4 Å². The van der Waals surface area contributed by atoms with Gasteiger partial charge in [0.2, 0.25) is 5.91 Å². The number of likely N-dealkylation sites (tertiary alicyclic amines) is 1. The molecule has 1 aliphatic rings. The number of amides is 1. The number of aliphatic imine (C=N–C) groups is 1. The van der Waals surface area contributed by atoms with Crippen LogP contribution in [0.4, 0.5) is 0 Å². The van der Waals surface area contributed by atoms with Crippen LogP contribution in [0.5, 0.6) is 0 Å². The Hall–Kier alpha value is -2.02. The van der Waals surface area contributed by atoms with Crippen LogP contribution in [0.25, 0.3) is 0 Å². The van der Waals surface area contributed by atoms with Crippen LogP contribution >= 0.6 is 0 Å². The van der Waals surface area contributed by atoms with E-state index in [4.69, 9.17) is 9.15 Å². The number of ether oxygens (including phenoxy) is 1. The lowest BCUT2D eigenvalue weighted by atomic mass is 10.3. The van der Waals surface area contributed by atoms with Gasteiger partial charge in [0, 0.05) is 58.3 Å². The first-order valence-electron chi connectivity index (χ1n) is 9.65. The van der Waals surface area contributed by atoms with E-state index in [0.717, 1.165) is 63.8 Å². The molecule has 2 heterocycles. The number of furan rings is 1. The minimum atomic E-state index is 0.218. The normalized spacial score (nSPS) is 17.5. The Kier molecular flexibility index (Phi) is 9.03. The molecule has 0 aliphatic carbocycles. The molecule has 0 saturated carbocycles. The zero-order chi connectivity index (χ0) is 18.6. The molecular weight excluding hydrogens is 332 g/mol. The van der Waals surface area contributed by atoms with Gasteiger partial charge in [-0.25, -0.2) is 0 Å². The third-order valence-corrected chi connectivity index (χ3v) is 4.35. The second-order valence-electron chi connectivity index (χ2n) is 6.36. The summed E-state index contributed by atoms with van der Waals surface area (Å²) in [6.45, 7) is 8.37. The van der Waals surface area contributed by atoms with E-state index in [1.165, 1.54) is 0 Å². The number of carbonyl (C=O) groups excluding carboxylic acids is 1. The third kappa shape index (κ3) is 7.07. The summed E-state index contributed by atoms with van der Waals surface area (Å²) in [5.74, 6) is 1.97. The van der Waals surface area contributed by atoms with E-state index >= 15 is 0 Å². The molecule has 0 spiro atoms. The van der Waals surface area contributed by atoms with Crippen molar-refractivity contribution >= 4 is 11.9 Å². The number of hydrogen-bond donors (Lipinski definition) is 2. The number of rotatable bonds is 10. The molecule has 1 saturated heterocycles. The molecule has 1 fully saturated rings. The number of carbonyl (C=O) groups is 1. The van der Waals surface area contributed by atoms with Crippen LogP contribution in [0, 0.1) is 0 Å². The van der Waals surface area contributed by atoms with E-state index in [0.29, 0.717) is 13.0 Å². The quantitative estimate of drug-likeness (QED) is 0.376. The molecule has 1 aliphatic heterocycles. The summed E-state index contributed by atoms with van der Waals surface area (Å²) in [5.41, 5.74) is 0. The van der Waals surface area contributed by atoms with Gasteiger partial charge in [-0.1, -0.05) is 6.92 Å². The van der Waals surface area contributed by atoms with Gasteiger partial charge in [0.05, 0.1) is 6.26 Å². The predicted molar refractivity (Wildman–Crippen MR) is 102 cm³/mol. The third-order valence-electron chi connectivity index (χ3n) is 4.35. The minimum absolute atomic E-state index is 0.218. The van der Waals surface area contributed by atoms with E-state index in [9.17, 15) is 4.79 Å². The molecular formula is C19H32N4O3. The van der Waals surface area contributed by atoms with Gasteiger partial charge in [0.1, 0.15) is 5.76 Å². The van der Waals surface area contributed by atoms with Crippen molar-refractivity contribution in [3.8, 4) is 0 Å². The molecule has 1 unspecified atom stereocenters. The van der Waals surface area contributed by atoms with Crippen molar-refractivity contribution in [3.63, 3.8) is 0 Å². The predicted octanol–water partition coefficient (Wildman–Crippen LogP) is 1.79. The second-order valence-corrected chi connectivity index (χ2v) is 6.36. The van der Waals surface area contributed by atoms with Crippen molar-refractivity contribution < 1.29 is 13.9 Å². The van der Waals surface area contributed by atoms with Crippen LogP contribution in [0.1, 0.15) is 38.9 Å². The smallest absolute Gasteiger partial charge is 0.222 e. The fourth-order valence-corrected chi connectivity index (χ4v) is 2.93. The largest absolute Gasteiger partial charge is 0.469 e. The topological polar surface area (TPSA) is 79.1 Å². The Balaban J connectivity index is 1.81. The molecule has 1 atom stereocenters. The molecule has 0 aromatic carbocycles. The standard InChI is InChI=1S/C19H32N4O3/c1-3-18(24)23-12-9-16(15-23)22-19(20-10-6-13-25-4-2)21-11-8-17-7-5-14-26-17/h5,7,14,16H,3-4,6,8-13,15H2,1-2H3,(H2,20,21,22). The maximum atomic E-state index is 11.8. The Morgan fingerprint density at radius 3 is 3.08 bits per heavy atom. The minimum Gasteiger partial charge on any atom is -0.469 e. The van der Waals surface area contributed by atoms with Gasteiger partial charge in [-0.15, -0.1) is 0 Å². The highest BCUT2D eigenvalue weighted by atomic mass is 16.5. The summed E-state index contributed by atoms with van der Waals surface area (Å²) < 4.78 is 10.7. The summed E-state index contributed by atoms with van der Waals surface area (Å²) >= 11 is 0. The first-order valence-corrected chi connectivity index (χ1v) is 9.65. The molecule has 2 N–H and O–H groups in total. The molecule has 0 bridgehead atoms. The molecule has 1 aromatic heterocycles. The first kappa shape index (κ1) is 20.3. The molecule has 7 nitrogen and oxygen atoms in total. The summed E-state index contributed by atoms with van der Waals surface area (Å²) in [6, 6.07) is 4.11. The molecule has 2 rings (SSSR count). The molecule has 7 heteroatoms. The zero-order valence-corrected chi connectivity index (χ0v) is 16.0. The summed E-state index contributed by atoms with van der Waals surface area (Å²) in [4.78, 5) is 18.4. The fourth-order valence-electron chi connectivity index (χ4n) is 2.93. The molecule has 146 valence electrons. The maximum Gasteiger partial charge on any atom is 0.222 e. The Morgan fingerprint density at radius 2 is 2.35 bits per heavy atom. The summed E-state index contributed by atoms with van der Waals surface area (Å²) in [5, 5.41) is 6.84. The zero-order valence-electron chi connectivity index (χ0n) is 16.0. The van der Waals surface area contributed by atoms with Crippen LogP contribution in [0.2, 0.25) is 0 Å². The summed E-state index contributed by atoms with van der Waals surface area (Å²) in [6.07, 6.45) is 4.89. The monoisotopic (exact) mass is 364 g/mol. The Bertz CT molecular complexity index is 545. The highest BCUT2D eigenvalue weighted by molar-refractivity contribution is 5.80. The average Bonchev–Trinajstić information content (AvgIpc) is 3.32. The van der Waals surface area contributed by atoms with Crippen LogP contribution in [-0.4, -0.2) is 62.2 Å². The highest BCUT2D eigenvalue weighted by Gasteiger charge is 2.25. The van der Waals surface area contributed by atoms with E-state index in [2.05, 4.69) is 15.6 Å². The van der Waals surface area contributed by atoms with E-state index in [1.807, 2.05) is 30.9 Å². The van der Waals surface area contributed by atoms with Gasteiger partial charge >= 0.3 is 0 Å². The number of hydrogen-bond acceptors (Lipinski definition) is 4. The lowest BCUT2D eigenvalue weighted by Crippen LogP contribution is -2.45. The lowest BCUT2D eigenvalue weighted by molar-refractivity contribution is -0.129. The molecule has 26 heavy (non-hydrogen) atoms. The highest BCUT2D eigenvalue weighted by Crippen LogP contribution is 2.10. The Morgan fingerprint density at radius 1 is 1.46 bits per heavy atom. The molecule has 1 amide bonds. The number of nitrogens with one attached hydrogen (secondary N) is 2. The maximum absolute atomic E-state index is 11.8. The SMILES string of the molecule is CCOCCCN=C(NCCc1ccco1)NC1CCN(C(=O)CC)C1. The van der Waals surface area contributed by atoms with Gasteiger partial charge in [0.15, 0.2) is 5.96 Å². The van der Waals surface area contributed by atoms with Crippen molar-refractivity contribution in [2.45, 2.75) is 45.6 Å². The number of guanidine groups is 1. The van der Waals surface area contributed by atoms with Gasteiger partial charge in [0.25, 0.3) is 0 Å². The van der Waals surface area contributed by atoms with E-state index < -0.39 is 0 Å². The van der Waals surface area contributed by atoms with Gasteiger partial charge in [-0.3, -0.25) is 9.79 Å². The molecule has 0 radical (unpaired) electrons. The van der Waals surface area contributed by atoms with Gasteiger partial charge in [-0.05, 0) is 31.9 Å². The first-order chi connectivity index (χ1) is 12.7. The van der Waals surface area contributed by atoms with Gasteiger partial charge < -0.3 is 24.7 Å². The fraction of sp³-hybridized carbons (Fsp3) is 0.684. The van der Waals surface area contributed by atoms with Crippen LogP contribution in [0.3, 0.4) is 0 Å². The van der Waals surface area contributed by atoms with Crippen molar-refractivity contribution in [2.24, 2.45) is 4.99 Å². The Labute approximate surface area is 156 Å². The van der Waals surface area contributed by atoms with Gasteiger partial charge in [-0.2, -0.15) is 0 Å². The van der Waals surface area contributed by atoms with Crippen molar-refractivity contribution in [1.82, 2.24) is 15.5 Å². The molecule has 1 aromatic rings. The lowest BCUT2D eigenvalue weighted by Gasteiger charge is -2.19. The van der Waals surface area contributed by atoms with Crippen LogP contribution in [-0.2, 0) is 16.0 Å².